The summed E-state index contributed by atoms with van der Waals surface area (Å²) in [5.41, 5.74) is -0.121. The van der Waals surface area contributed by atoms with Gasteiger partial charge in [-0.3, -0.25) is 0 Å². The first-order valence-electron chi connectivity index (χ1n) is 12.7. The average Bonchev–Trinajstić information content (AvgIpc) is 3.46. The number of nitrogens with zero attached hydrogens (tertiary/aromatic N) is 6. The van der Waals surface area contributed by atoms with E-state index in [-0.39, 0.29) is 35.3 Å². The maximum Gasteiger partial charge on any atom is 0.416 e. The van der Waals surface area contributed by atoms with Gasteiger partial charge >= 0.3 is 12.3 Å². The Morgan fingerprint density at radius 2 is 1.89 bits per heavy atom. The van der Waals surface area contributed by atoms with Crippen LogP contribution in [0.1, 0.15) is 79.8 Å². The molecule has 13 heteroatoms. The molecule has 2 aromatic heterocycles. The number of benzene rings is 1. The Morgan fingerprint density at radius 1 is 1.16 bits per heavy atom. The molecule has 0 unspecified atom stereocenters. The van der Waals surface area contributed by atoms with Crippen LogP contribution >= 0.6 is 0 Å². The molecule has 4 fully saturated rings. The zero-order valence-electron chi connectivity index (χ0n) is 20.8. The SMILES string of the molecule is Cn1c(COc2cccc(C(F)(F)F)c2)nnc1[C@H]1CC[C@H](n2cc(C34CC(NC(=O)O)(C3)C4)nn2)CC1. The molecule has 7 rings (SSSR count). The second-order valence-corrected chi connectivity index (χ2v) is 11.0. The van der Waals surface area contributed by atoms with Crippen LogP contribution < -0.4 is 10.1 Å². The van der Waals surface area contributed by atoms with Crippen LogP contribution in [0.3, 0.4) is 0 Å². The van der Waals surface area contributed by atoms with Crippen molar-refractivity contribution in [3.05, 3.63) is 53.4 Å². The van der Waals surface area contributed by atoms with Crippen molar-refractivity contribution < 1.29 is 27.8 Å². The van der Waals surface area contributed by atoms with Crippen LogP contribution in [0, 0.1) is 0 Å². The molecule has 4 saturated carbocycles. The van der Waals surface area contributed by atoms with Crippen molar-refractivity contribution in [2.45, 2.75) is 80.6 Å². The predicted molar refractivity (Wildman–Crippen MR) is 126 cm³/mol. The minimum absolute atomic E-state index is 0.0207. The van der Waals surface area contributed by atoms with E-state index in [9.17, 15) is 18.0 Å². The third kappa shape index (κ3) is 4.27. The molecular formula is C25H28F3N7O3. The third-order valence-electron chi connectivity index (χ3n) is 8.42. The summed E-state index contributed by atoms with van der Waals surface area (Å²) in [6.45, 7) is 0.0207. The molecule has 1 aromatic carbocycles. The lowest BCUT2D eigenvalue weighted by molar-refractivity contribution is -0.137. The fourth-order valence-corrected chi connectivity index (χ4v) is 6.48. The molecule has 0 spiro atoms. The van der Waals surface area contributed by atoms with Crippen LogP contribution in [0.4, 0.5) is 18.0 Å². The first-order valence-corrected chi connectivity index (χ1v) is 12.7. The molecule has 0 aliphatic heterocycles. The summed E-state index contributed by atoms with van der Waals surface area (Å²) < 4.78 is 48.3. The van der Waals surface area contributed by atoms with E-state index in [1.165, 1.54) is 12.1 Å². The van der Waals surface area contributed by atoms with Crippen molar-refractivity contribution in [2.24, 2.45) is 7.05 Å². The van der Waals surface area contributed by atoms with Crippen molar-refractivity contribution in [1.82, 2.24) is 35.1 Å². The van der Waals surface area contributed by atoms with E-state index >= 15 is 0 Å². The Balaban J connectivity index is 1.03. The van der Waals surface area contributed by atoms with Crippen molar-refractivity contribution in [2.75, 3.05) is 0 Å². The highest BCUT2D eigenvalue weighted by molar-refractivity contribution is 5.67. The molecule has 1 amide bonds. The topological polar surface area (TPSA) is 120 Å². The molecule has 2 N–H and O–H groups in total. The fourth-order valence-electron chi connectivity index (χ4n) is 6.48. The number of rotatable bonds is 7. The van der Waals surface area contributed by atoms with Crippen LogP contribution in [-0.2, 0) is 25.2 Å². The van der Waals surface area contributed by atoms with Crippen molar-refractivity contribution in [3.63, 3.8) is 0 Å². The molecule has 2 bridgehead atoms. The highest BCUT2D eigenvalue weighted by Crippen LogP contribution is 2.67. The van der Waals surface area contributed by atoms with Gasteiger partial charge in [-0.05, 0) is 63.1 Å². The van der Waals surface area contributed by atoms with Gasteiger partial charge in [0.05, 0.1) is 17.3 Å². The molecular weight excluding hydrogens is 503 g/mol. The number of aromatic nitrogens is 6. The predicted octanol–water partition coefficient (Wildman–Crippen LogP) is 4.35. The van der Waals surface area contributed by atoms with Crippen LogP contribution in [-0.4, -0.2) is 46.5 Å². The van der Waals surface area contributed by atoms with E-state index in [1.807, 2.05) is 22.5 Å². The summed E-state index contributed by atoms with van der Waals surface area (Å²) in [5.74, 6) is 1.74. The van der Waals surface area contributed by atoms with Crippen LogP contribution in [0.5, 0.6) is 5.75 Å². The summed E-state index contributed by atoms with van der Waals surface area (Å²) in [4.78, 5) is 11.0. The normalized spacial score (nSPS) is 28.3. The van der Waals surface area contributed by atoms with E-state index in [2.05, 4.69) is 25.8 Å². The smallest absolute Gasteiger partial charge is 0.416 e. The summed E-state index contributed by atoms with van der Waals surface area (Å²) in [6.07, 6.45) is 2.59. The van der Waals surface area contributed by atoms with Crippen LogP contribution in [0.2, 0.25) is 0 Å². The molecule has 38 heavy (non-hydrogen) atoms. The zero-order chi connectivity index (χ0) is 26.7. The van der Waals surface area contributed by atoms with Gasteiger partial charge in [-0.2, -0.15) is 13.2 Å². The van der Waals surface area contributed by atoms with Gasteiger partial charge in [0.1, 0.15) is 18.2 Å². The first-order chi connectivity index (χ1) is 18.1. The molecule has 0 radical (unpaired) electrons. The molecule has 0 atom stereocenters. The summed E-state index contributed by atoms with van der Waals surface area (Å²) >= 11 is 0. The number of carbonyl (C=O) groups is 1. The van der Waals surface area contributed by atoms with Gasteiger partial charge in [-0.1, -0.05) is 11.3 Å². The fraction of sp³-hybridized carbons (Fsp3) is 0.560. The van der Waals surface area contributed by atoms with Crippen LogP contribution in [0.15, 0.2) is 30.5 Å². The van der Waals surface area contributed by atoms with Gasteiger partial charge in [-0.15, -0.1) is 15.3 Å². The van der Waals surface area contributed by atoms with Crippen molar-refractivity contribution >= 4 is 6.09 Å². The highest BCUT2D eigenvalue weighted by Gasteiger charge is 2.70. The van der Waals surface area contributed by atoms with E-state index < -0.39 is 17.8 Å². The average molecular weight is 532 g/mol. The second-order valence-electron chi connectivity index (χ2n) is 11.0. The number of hydrogen-bond donors (Lipinski definition) is 2. The monoisotopic (exact) mass is 531 g/mol. The summed E-state index contributed by atoms with van der Waals surface area (Å²) in [5, 5.41) is 29.1. The van der Waals surface area contributed by atoms with E-state index in [0.29, 0.717) is 5.82 Å². The van der Waals surface area contributed by atoms with E-state index in [0.717, 1.165) is 68.6 Å². The van der Waals surface area contributed by atoms with Crippen molar-refractivity contribution in [1.29, 1.82) is 0 Å². The molecule has 10 nitrogen and oxygen atoms in total. The number of hydrogen-bond acceptors (Lipinski definition) is 6. The highest BCUT2D eigenvalue weighted by atomic mass is 19.4. The number of carboxylic acid groups (broad SMARTS) is 1. The van der Waals surface area contributed by atoms with E-state index in [4.69, 9.17) is 9.84 Å². The molecule has 4 aliphatic rings. The lowest BCUT2D eigenvalue weighted by Crippen LogP contribution is -2.76. The maximum atomic E-state index is 13.0. The lowest BCUT2D eigenvalue weighted by Gasteiger charge is -2.69. The number of halogens is 3. The van der Waals surface area contributed by atoms with Gasteiger partial charge in [0.15, 0.2) is 5.82 Å². The van der Waals surface area contributed by atoms with E-state index in [1.54, 1.807) is 0 Å². The summed E-state index contributed by atoms with van der Waals surface area (Å²) in [6, 6.07) is 5.03. The summed E-state index contributed by atoms with van der Waals surface area (Å²) in [7, 11) is 1.85. The van der Waals surface area contributed by atoms with Gasteiger partial charge in [-0.25, -0.2) is 9.48 Å². The minimum atomic E-state index is -4.43. The van der Waals surface area contributed by atoms with Gasteiger partial charge < -0.3 is 19.7 Å². The molecule has 202 valence electrons. The largest absolute Gasteiger partial charge is 0.486 e. The van der Waals surface area contributed by atoms with Crippen molar-refractivity contribution in [3.8, 4) is 5.75 Å². The third-order valence-corrected chi connectivity index (χ3v) is 8.42. The standard InChI is InChI=1S/C25H28F3N7O3/c1-34-20(11-38-18-4-2-3-16(9-18)25(26,27)28)31-32-21(34)15-5-7-17(8-6-15)35-10-19(30-33-35)23-12-24(13-23,14-23)29-22(36)37/h2-4,9-10,15,17,29H,5-8,11-14H2,1H3,(H,36,37)/t15-,17-,23?,24?. The lowest BCUT2D eigenvalue weighted by atomic mass is 9.38. The Kier molecular flexibility index (Phi) is 5.65. The van der Waals surface area contributed by atoms with Crippen LogP contribution in [0.25, 0.3) is 0 Å². The Labute approximate surface area is 216 Å². The Morgan fingerprint density at radius 3 is 2.58 bits per heavy atom. The Hall–Kier alpha value is -3.64. The Bertz CT molecular complexity index is 1340. The zero-order valence-corrected chi connectivity index (χ0v) is 20.8. The number of nitrogens with one attached hydrogen (secondary N) is 1. The molecule has 2 heterocycles. The molecule has 0 saturated heterocycles. The number of alkyl halides is 3. The molecule has 3 aromatic rings. The second kappa shape index (κ2) is 8.70. The maximum absolute atomic E-state index is 13.0. The molecule has 4 aliphatic carbocycles. The minimum Gasteiger partial charge on any atom is -0.486 e. The quantitative estimate of drug-likeness (QED) is 0.465. The van der Waals surface area contributed by atoms with Gasteiger partial charge in [0, 0.05) is 30.1 Å². The van der Waals surface area contributed by atoms with Gasteiger partial charge in [0.25, 0.3) is 0 Å². The first kappa shape index (κ1) is 24.7. The van der Waals surface area contributed by atoms with Gasteiger partial charge in [0.2, 0.25) is 0 Å². The number of amides is 1. The number of ether oxygens (including phenoxy) is 1.